The lowest BCUT2D eigenvalue weighted by Gasteiger charge is -2.15. The van der Waals surface area contributed by atoms with E-state index in [4.69, 9.17) is 5.73 Å². The molecule has 2 aromatic carbocycles. The molecule has 0 aliphatic heterocycles. The fourth-order valence-electron chi connectivity index (χ4n) is 2.43. The summed E-state index contributed by atoms with van der Waals surface area (Å²) in [5.74, 6) is -0.442. The Labute approximate surface area is 115 Å². The van der Waals surface area contributed by atoms with Crippen molar-refractivity contribution in [3.63, 3.8) is 0 Å². The molecule has 20 heavy (non-hydrogen) atoms. The summed E-state index contributed by atoms with van der Waals surface area (Å²) >= 11 is 0. The first-order valence-electron chi connectivity index (χ1n) is 6.30. The van der Waals surface area contributed by atoms with Crippen molar-refractivity contribution in [2.45, 2.75) is 6.67 Å². The van der Waals surface area contributed by atoms with Crippen LogP contribution >= 0.6 is 0 Å². The van der Waals surface area contributed by atoms with Gasteiger partial charge >= 0.3 is 0 Å². The van der Waals surface area contributed by atoms with Crippen molar-refractivity contribution >= 4 is 10.9 Å². The van der Waals surface area contributed by atoms with Crippen molar-refractivity contribution in [2.75, 3.05) is 0 Å². The first kappa shape index (κ1) is 12.6. The number of fused-ring (bicyclic) bond motifs is 1. The number of rotatable bonds is 2. The predicted molar refractivity (Wildman–Crippen MR) is 77.8 cm³/mol. The smallest absolute Gasteiger partial charge is 0.190 e. The van der Waals surface area contributed by atoms with Gasteiger partial charge in [0.1, 0.15) is 5.82 Å². The number of nitrogens with two attached hydrogens (primary N) is 1. The zero-order valence-electron chi connectivity index (χ0n) is 10.7. The second-order valence-corrected chi connectivity index (χ2v) is 4.51. The van der Waals surface area contributed by atoms with E-state index in [2.05, 4.69) is 0 Å². The molecule has 1 heterocycles. The van der Waals surface area contributed by atoms with Crippen molar-refractivity contribution in [3.8, 4) is 11.3 Å². The predicted octanol–water partition coefficient (Wildman–Crippen LogP) is 2.72. The minimum atomic E-state index is -0.442. The molecule has 0 radical (unpaired) electrons. The quantitative estimate of drug-likeness (QED) is 0.776. The van der Waals surface area contributed by atoms with Crippen LogP contribution < -0.4 is 11.2 Å². The van der Waals surface area contributed by atoms with Gasteiger partial charge in [-0.1, -0.05) is 36.4 Å². The van der Waals surface area contributed by atoms with Crippen LogP contribution in [0.3, 0.4) is 0 Å². The lowest BCUT2D eigenvalue weighted by atomic mass is 10.1. The Morgan fingerprint density at radius 1 is 1.05 bits per heavy atom. The Kier molecular flexibility index (Phi) is 3.08. The summed E-state index contributed by atoms with van der Waals surface area (Å²) in [6.07, 6.45) is 0. The maximum atomic E-state index is 14.1. The van der Waals surface area contributed by atoms with E-state index in [1.54, 1.807) is 10.6 Å². The molecule has 0 amide bonds. The molecule has 0 aliphatic carbocycles. The summed E-state index contributed by atoms with van der Waals surface area (Å²) in [6.45, 7) is 0.0991. The molecule has 4 heteroatoms. The molecule has 0 spiro atoms. The van der Waals surface area contributed by atoms with Gasteiger partial charge < -0.3 is 10.3 Å². The van der Waals surface area contributed by atoms with Gasteiger partial charge in [0.05, 0.1) is 17.9 Å². The number of nitrogens with zero attached hydrogens (tertiary/aromatic N) is 1. The fraction of sp³-hybridized carbons (Fsp3) is 0.0625. The van der Waals surface area contributed by atoms with E-state index in [1.807, 2.05) is 30.3 Å². The standard InChI is InChI=1S/C16H13FN2O/c17-13-8-4-7-12-15(20)9-14(19(10-18)16(12)13)11-5-2-1-3-6-11/h1-9H,10,18H2. The van der Waals surface area contributed by atoms with E-state index in [1.165, 1.54) is 18.2 Å². The van der Waals surface area contributed by atoms with Crippen molar-refractivity contribution in [3.05, 3.63) is 70.6 Å². The van der Waals surface area contributed by atoms with Gasteiger partial charge in [-0.2, -0.15) is 0 Å². The van der Waals surface area contributed by atoms with Gasteiger partial charge in [0, 0.05) is 11.5 Å². The normalized spacial score (nSPS) is 10.9. The molecular formula is C16H13FN2O. The highest BCUT2D eigenvalue weighted by Gasteiger charge is 2.12. The number of para-hydroxylation sites is 1. The summed E-state index contributed by atoms with van der Waals surface area (Å²) in [6, 6.07) is 15.3. The van der Waals surface area contributed by atoms with Crippen molar-refractivity contribution < 1.29 is 4.39 Å². The second-order valence-electron chi connectivity index (χ2n) is 4.51. The van der Waals surface area contributed by atoms with Gasteiger partial charge in [0.25, 0.3) is 0 Å². The fourth-order valence-corrected chi connectivity index (χ4v) is 2.43. The summed E-state index contributed by atoms with van der Waals surface area (Å²) in [4.78, 5) is 12.2. The van der Waals surface area contributed by atoms with E-state index in [0.29, 0.717) is 11.1 Å². The van der Waals surface area contributed by atoms with Crippen LogP contribution in [-0.2, 0) is 6.67 Å². The Morgan fingerprint density at radius 2 is 1.80 bits per heavy atom. The maximum Gasteiger partial charge on any atom is 0.190 e. The van der Waals surface area contributed by atoms with Crippen molar-refractivity contribution in [1.29, 1.82) is 0 Å². The average molecular weight is 268 g/mol. The summed E-state index contributed by atoms with van der Waals surface area (Å²) in [5, 5.41) is 0.343. The van der Waals surface area contributed by atoms with Gasteiger partial charge in [-0.3, -0.25) is 4.79 Å². The van der Waals surface area contributed by atoms with Crippen LogP contribution in [0.2, 0.25) is 0 Å². The van der Waals surface area contributed by atoms with E-state index in [-0.39, 0.29) is 17.6 Å². The first-order chi connectivity index (χ1) is 9.72. The number of aromatic nitrogens is 1. The lowest BCUT2D eigenvalue weighted by Crippen LogP contribution is -2.17. The molecule has 0 saturated heterocycles. The SMILES string of the molecule is NCn1c(-c2ccccc2)cc(=O)c2cccc(F)c21. The minimum Gasteiger partial charge on any atom is -0.325 e. The van der Waals surface area contributed by atoms with Crippen molar-refractivity contribution in [2.24, 2.45) is 5.73 Å². The molecule has 0 atom stereocenters. The highest BCUT2D eigenvalue weighted by atomic mass is 19.1. The first-order valence-corrected chi connectivity index (χ1v) is 6.30. The largest absolute Gasteiger partial charge is 0.325 e. The second kappa shape index (κ2) is 4.90. The lowest BCUT2D eigenvalue weighted by molar-refractivity contribution is 0.623. The van der Waals surface area contributed by atoms with E-state index in [9.17, 15) is 9.18 Å². The van der Waals surface area contributed by atoms with E-state index < -0.39 is 5.82 Å². The average Bonchev–Trinajstić information content (AvgIpc) is 2.49. The molecule has 2 N–H and O–H groups in total. The molecule has 3 nitrogen and oxygen atoms in total. The number of benzene rings is 2. The monoisotopic (exact) mass is 268 g/mol. The molecule has 0 unspecified atom stereocenters. The highest BCUT2D eigenvalue weighted by molar-refractivity contribution is 5.83. The molecular weight excluding hydrogens is 255 g/mol. The van der Waals surface area contributed by atoms with Crippen LogP contribution in [0, 0.1) is 5.82 Å². The number of hydrogen-bond acceptors (Lipinski definition) is 2. The molecule has 100 valence electrons. The van der Waals surface area contributed by atoms with Crippen LogP contribution in [0.25, 0.3) is 22.2 Å². The van der Waals surface area contributed by atoms with Crippen LogP contribution in [0.1, 0.15) is 0 Å². The van der Waals surface area contributed by atoms with Crippen LogP contribution in [0.15, 0.2) is 59.4 Å². The van der Waals surface area contributed by atoms with Crippen LogP contribution in [0.4, 0.5) is 4.39 Å². The zero-order chi connectivity index (χ0) is 14.1. The number of pyridine rings is 1. The van der Waals surface area contributed by atoms with Gasteiger partial charge in [-0.05, 0) is 17.7 Å². The third-order valence-corrected chi connectivity index (χ3v) is 3.33. The Morgan fingerprint density at radius 3 is 2.50 bits per heavy atom. The third kappa shape index (κ3) is 1.90. The molecule has 0 bridgehead atoms. The molecule has 0 saturated carbocycles. The Bertz CT molecular complexity index is 825. The van der Waals surface area contributed by atoms with Gasteiger partial charge in [-0.25, -0.2) is 4.39 Å². The molecule has 0 aliphatic rings. The highest BCUT2D eigenvalue weighted by Crippen LogP contribution is 2.23. The van der Waals surface area contributed by atoms with Gasteiger partial charge in [0.2, 0.25) is 0 Å². The Hall–Kier alpha value is -2.46. The molecule has 0 fully saturated rings. The van der Waals surface area contributed by atoms with Crippen molar-refractivity contribution in [1.82, 2.24) is 4.57 Å². The third-order valence-electron chi connectivity index (χ3n) is 3.33. The zero-order valence-corrected chi connectivity index (χ0v) is 10.7. The topological polar surface area (TPSA) is 48.0 Å². The minimum absolute atomic E-state index is 0.0991. The summed E-state index contributed by atoms with van der Waals surface area (Å²) in [5.41, 5.74) is 7.27. The van der Waals surface area contributed by atoms with E-state index >= 15 is 0 Å². The molecule has 3 rings (SSSR count). The molecule has 3 aromatic rings. The van der Waals surface area contributed by atoms with Gasteiger partial charge in [-0.15, -0.1) is 0 Å². The number of hydrogen-bond donors (Lipinski definition) is 1. The molecule has 1 aromatic heterocycles. The van der Waals surface area contributed by atoms with E-state index in [0.717, 1.165) is 5.56 Å². The van der Waals surface area contributed by atoms with Crippen LogP contribution in [0.5, 0.6) is 0 Å². The van der Waals surface area contributed by atoms with Gasteiger partial charge in [0.15, 0.2) is 5.43 Å². The number of halogens is 1. The van der Waals surface area contributed by atoms with Crippen LogP contribution in [-0.4, -0.2) is 4.57 Å². The summed E-state index contributed by atoms with van der Waals surface area (Å²) < 4.78 is 15.7. The summed E-state index contributed by atoms with van der Waals surface area (Å²) in [7, 11) is 0. The Balaban J connectivity index is 2.46. The maximum absolute atomic E-state index is 14.1.